The number of benzene rings is 3. The van der Waals surface area contributed by atoms with Crippen LogP contribution in [-0.2, 0) is 4.79 Å². The van der Waals surface area contributed by atoms with Crippen LogP contribution in [0.3, 0.4) is 0 Å². The SMILES string of the molecule is CCCCCCOc1ccc(C2CC(c3ccc(-c4ccc(C=C(C#N)C(=O)O)s4)s3)=NN2c2ccc(-c3nc4ccc(C)cc4s3)cc2)c(OCCCCCC)c1. The molecule has 0 aliphatic carbocycles. The molecule has 0 radical (unpaired) electrons. The number of hydrazone groups is 1. The molecule has 4 heterocycles. The van der Waals surface area contributed by atoms with Gasteiger partial charge in [0.05, 0.1) is 45.7 Å². The van der Waals surface area contributed by atoms with Crippen molar-refractivity contribution >= 4 is 67.7 Å². The summed E-state index contributed by atoms with van der Waals surface area (Å²) in [5.41, 5.74) is 6.04. The third-order valence-electron chi connectivity index (χ3n) is 10.1. The van der Waals surface area contributed by atoms with Gasteiger partial charge >= 0.3 is 5.97 Å². The van der Waals surface area contributed by atoms with E-state index in [9.17, 15) is 15.2 Å². The Hall–Kier alpha value is -5.28. The molecular weight excluding hydrogens is 781 g/mol. The number of carboxylic acid groups (broad SMARTS) is 1. The maximum Gasteiger partial charge on any atom is 0.346 e. The molecule has 0 saturated carbocycles. The van der Waals surface area contributed by atoms with E-state index >= 15 is 0 Å². The van der Waals surface area contributed by atoms with E-state index in [0.717, 1.165) is 84.9 Å². The molecule has 1 aliphatic heterocycles. The molecule has 0 bridgehead atoms. The lowest BCUT2D eigenvalue weighted by Gasteiger charge is -2.26. The van der Waals surface area contributed by atoms with Crippen molar-refractivity contribution in [2.24, 2.45) is 5.10 Å². The van der Waals surface area contributed by atoms with Gasteiger partial charge in [-0.25, -0.2) is 9.78 Å². The van der Waals surface area contributed by atoms with E-state index in [0.29, 0.717) is 24.5 Å². The van der Waals surface area contributed by atoms with Crippen LogP contribution >= 0.6 is 34.0 Å². The van der Waals surface area contributed by atoms with Gasteiger partial charge in [0.25, 0.3) is 0 Å². The number of aliphatic carboxylic acids is 1. The average Bonchev–Trinajstić information content (AvgIpc) is 4.06. The number of unbranched alkanes of at least 4 members (excludes halogenated alkanes) is 6. The van der Waals surface area contributed by atoms with Crippen LogP contribution in [0.1, 0.15) is 98.6 Å². The van der Waals surface area contributed by atoms with Gasteiger partial charge in [-0.15, -0.1) is 34.0 Å². The third-order valence-corrected chi connectivity index (χ3v) is 13.5. The van der Waals surface area contributed by atoms with Crippen molar-refractivity contribution in [3.05, 3.63) is 111 Å². The van der Waals surface area contributed by atoms with Gasteiger partial charge in [-0.2, -0.15) is 10.4 Å². The molecule has 3 aromatic heterocycles. The van der Waals surface area contributed by atoms with Crippen molar-refractivity contribution < 1.29 is 19.4 Å². The normalized spacial score (nSPS) is 14.2. The van der Waals surface area contributed by atoms with Gasteiger partial charge in [0, 0.05) is 38.2 Å². The summed E-state index contributed by atoms with van der Waals surface area (Å²) in [5.74, 6) is 0.424. The first-order chi connectivity index (χ1) is 28.3. The summed E-state index contributed by atoms with van der Waals surface area (Å²) in [7, 11) is 0. The Labute approximate surface area is 352 Å². The van der Waals surface area contributed by atoms with Gasteiger partial charge < -0.3 is 14.6 Å². The van der Waals surface area contributed by atoms with E-state index < -0.39 is 5.97 Å². The molecule has 1 aliphatic rings. The number of carboxylic acids is 1. The molecule has 0 fully saturated rings. The Morgan fingerprint density at radius 1 is 0.845 bits per heavy atom. The second kappa shape index (κ2) is 19.4. The molecular formula is C47H48N4O4S3. The van der Waals surface area contributed by atoms with E-state index in [1.54, 1.807) is 28.7 Å². The number of aryl methyl sites for hydroxylation is 1. The van der Waals surface area contributed by atoms with Crippen molar-refractivity contribution in [1.82, 2.24) is 4.98 Å². The summed E-state index contributed by atoms with van der Waals surface area (Å²) in [6, 6.07) is 30.9. The predicted octanol–water partition coefficient (Wildman–Crippen LogP) is 13.3. The number of anilines is 1. The second-order valence-corrected chi connectivity index (χ2v) is 17.7. The number of nitriles is 1. The minimum atomic E-state index is -1.23. The molecule has 7 rings (SSSR count). The molecule has 0 saturated heterocycles. The van der Waals surface area contributed by atoms with E-state index in [2.05, 4.69) is 98.6 Å². The van der Waals surface area contributed by atoms with E-state index in [1.165, 1.54) is 53.4 Å². The molecule has 1 atom stereocenters. The predicted molar refractivity (Wildman–Crippen MR) is 241 cm³/mol. The highest BCUT2D eigenvalue weighted by atomic mass is 32.1. The van der Waals surface area contributed by atoms with E-state index in [4.69, 9.17) is 19.6 Å². The highest BCUT2D eigenvalue weighted by molar-refractivity contribution is 7.23. The van der Waals surface area contributed by atoms with Crippen LogP contribution in [0.25, 0.3) is 36.6 Å². The van der Waals surface area contributed by atoms with Crippen molar-refractivity contribution in [2.75, 3.05) is 18.2 Å². The van der Waals surface area contributed by atoms with Gasteiger partial charge in [0.2, 0.25) is 0 Å². The fourth-order valence-electron chi connectivity index (χ4n) is 6.96. The summed E-state index contributed by atoms with van der Waals surface area (Å²) < 4.78 is 14.0. The summed E-state index contributed by atoms with van der Waals surface area (Å²) in [6.45, 7) is 7.87. The van der Waals surface area contributed by atoms with Gasteiger partial charge in [0.15, 0.2) is 0 Å². The number of thiophene rings is 2. The second-order valence-electron chi connectivity index (χ2n) is 14.5. The lowest BCUT2D eigenvalue weighted by atomic mass is 9.99. The third kappa shape index (κ3) is 9.87. The fourth-order valence-corrected chi connectivity index (χ4v) is 10.1. The number of ether oxygens (including phenoxy) is 2. The number of nitrogens with zero attached hydrogens (tertiary/aromatic N) is 4. The van der Waals surface area contributed by atoms with Gasteiger partial charge in [-0.3, -0.25) is 5.01 Å². The maximum atomic E-state index is 11.4. The first kappa shape index (κ1) is 40.9. The largest absolute Gasteiger partial charge is 0.493 e. The highest BCUT2D eigenvalue weighted by Crippen LogP contribution is 2.44. The maximum absolute atomic E-state index is 11.4. The summed E-state index contributed by atoms with van der Waals surface area (Å²) in [4.78, 5) is 20.2. The zero-order valence-electron chi connectivity index (χ0n) is 33.2. The Kier molecular flexibility index (Phi) is 13.7. The zero-order chi connectivity index (χ0) is 40.4. The van der Waals surface area contributed by atoms with Crippen LogP contribution in [0.4, 0.5) is 5.69 Å². The van der Waals surface area contributed by atoms with E-state index in [1.807, 2.05) is 12.1 Å². The number of rotatable bonds is 19. The summed E-state index contributed by atoms with van der Waals surface area (Å²) in [6.07, 6.45) is 11.2. The van der Waals surface area contributed by atoms with Crippen molar-refractivity contribution in [3.63, 3.8) is 0 Å². The Balaban J connectivity index is 1.21. The Bertz CT molecular complexity index is 2450. The number of hydrogen-bond donors (Lipinski definition) is 1. The molecule has 58 heavy (non-hydrogen) atoms. The quantitative estimate of drug-likeness (QED) is 0.0492. The van der Waals surface area contributed by atoms with Crippen LogP contribution in [0.2, 0.25) is 0 Å². The van der Waals surface area contributed by atoms with Crippen LogP contribution in [0.15, 0.2) is 95.6 Å². The number of fused-ring (bicyclic) bond motifs is 1. The lowest BCUT2D eigenvalue weighted by Crippen LogP contribution is -2.19. The van der Waals surface area contributed by atoms with Crippen molar-refractivity contribution in [1.29, 1.82) is 5.26 Å². The van der Waals surface area contributed by atoms with Crippen LogP contribution in [0, 0.1) is 18.3 Å². The average molecular weight is 829 g/mol. The number of hydrogen-bond acceptors (Lipinski definition) is 10. The number of thiazole rings is 1. The first-order valence-corrected chi connectivity index (χ1v) is 22.6. The molecule has 0 spiro atoms. The molecule has 0 amide bonds. The van der Waals surface area contributed by atoms with Crippen LogP contribution < -0.4 is 14.5 Å². The smallest absolute Gasteiger partial charge is 0.346 e. The highest BCUT2D eigenvalue weighted by Gasteiger charge is 2.33. The molecule has 11 heteroatoms. The molecule has 1 unspecified atom stereocenters. The Morgan fingerprint density at radius 3 is 2.31 bits per heavy atom. The number of aromatic nitrogens is 1. The minimum absolute atomic E-state index is 0.125. The molecule has 3 aromatic carbocycles. The fraction of sp³-hybridized carbons (Fsp3) is 0.319. The van der Waals surface area contributed by atoms with Gasteiger partial charge in [-0.05, 0) is 104 Å². The molecule has 1 N–H and O–H groups in total. The minimum Gasteiger partial charge on any atom is -0.493 e. The summed E-state index contributed by atoms with van der Waals surface area (Å²) in [5, 5.41) is 27.0. The van der Waals surface area contributed by atoms with Gasteiger partial charge in [-0.1, -0.05) is 58.4 Å². The molecule has 6 aromatic rings. The monoisotopic (exact) mass is 828 g/mol. The number of carbonyl (C=O) groups is 1. The van der Waals surface area contributed by atoms with Crippen molar-refractivity contribution in [2.45, 2.75) is 84.6 Å². The van der Waals surface area contributed by atoms with Crippen molar-refractivity contribution in [3.8, 4) is 37.9 Å². The molecule has 8 nitrogen and oxygen atoms in total. The standard InChI is InChI=1S/C47H48N4O4S3/c1-4-6-8-10-24-54-35-17-19-37(41(28-35)55-25-11-9-7-5-2)40-29-39(42-22-23-44(57-42)43-21-18-36(56-43)27-33(30-48)47(52)53)50-51(40)34-15-13-32(14-16-34)46-49-38-20-12-31(3)26-45(38)58-46/h12-23,26-28,40H,4-11,24-25,29H2,1-3H3,(H,52,53). The summed E-state index contributed by atoms with van der Waals surface area (Å²) >= 11 is 4.83. The van der Waals surface area contributed by atoms with Crippen LogP contribution in [-0.4, -0.2) is 35.0 Å². The first-order valence-electron chi connectivity index (χ1n) is 20.1. The lowest BCUT2D eigenvalue weighted by molar-refractivity contribution is -0.132. The van der Waals surface area contributed by atoms with Crippen LogP contribution in [0.5, 0.6) is 11.5 Å². The topological polar surface area (TPSA) is 108 Å². The van der Waals surface area contributed by atoms with Gasteiger partial charge in [0.1, 0.15) is 28.1 Å². The zero-order valence-corrected chi connectivity index (χ0v) is 35.7. The Morgan fingerprint density at radius 2 is 1.57 bits per heavy atom. The molecule has 298 valence electrons. The van der Waals surface area contributed by atoms with E-state index in [-0.39, 0.29) is 11.6 Å².